The average Bonchev–Trinajstić information content (AvgIpc) is 2.72. The monoisotopic (exact) mass is 303 g/mol. The van der Waals surface area contributed by atoms with Gasteiger partial charge in [0.05, 0.1) is 12.2 Å². The molecule has 0 spiro atoms. The number of aliphatic hydroxyl groups is 2. The molecule has 0 aromatic rings. The molecular formula is C19H29NO2. The minimum absolute atomic E-state index is 0.0754. The van der Waals surface area contributed by atoms with Gasteiger partial charge in [0, 0.05) is 6.04 Å². The van der Waals surface area contributed by atoms with Crippen LogP contribution >= 0.6 is 0 Å². The first-order valence-electron chi connectivity index (χ1n) is 8.85. The van der Waals surface area contributed by atoms with E-state index in [2.05, 4.69) is 32.1 Å². The first kappa shape index (κ1) is 14.9. The third kappa shape index (κ3) is 1.79. The summed E-state index contributed by atoms with van der Waals surface area (Å²) in [4.78, 5) is 0. The van der Waals surface area contributed by atoms with Crippen LogP contribution in [0.15, 0.2) is 24.3 Å². The van der Waals surface area contributed by atoms with Crippen LogP contribution in [0.2, 0.25) is 0 Å². The van der Waals surface area contributed by atoms with Crippen molar-refractivity contribution >= 4 is 0 Å². The van der Waals surface area contributed by atoms with Gasteiger partial charge in [-0.05, 0) is 60.2 Å². The van der Waals surface area contributed by atoms with Crippen LogP contribution in [-0.2, 0) is 0 Å². The lowest BCUT2D eigenvalue weighted by Gasteiger charge is -2.56. The van der Waals surface area contributed by atoms with Crippen LogP contribution in [0.3, 0.4) is 0 Å². The van der Waals surface area contributed by atoms with E-state index in [1.807, 2.05) is 6.08 Å². The molecule has 1 unspecified atom stereocenters. The van der Waals surface area contributed by atoms with Gasteiger partial charge in [0.1, 0.15) is 0 Å². The molecular weight excluding hydrogens is 274 g/mol. The molecule has 0 saturated heterocycles. The first-order chi connectivity index (χ1) is 10.4. The van der Waals surface area contributed by atoms with E-state index in [4.69, 9.17) is 5.73 Å². The Kier molecular flexibility index (Phi) is 3.18. The second-order valence-corrected chi connectivity index (χ2v) is 8.68. The lowest BCUT2D eigenvalue weighted by atomic mass is 9.48. The SMILES string of the molecule is C[C@]12CC[C@H]3[C@@H](C=CC4C[C@H](O)C=C[C@@]43C)[C@@H]1C[C@@H](O)[C@@H]2N. The summed E-state index contributed by atoms with van der Waals surface area (Å²) in [5.41, 5.74) is 6.58. The van der Waals surface area contributed by atoms with Gasteiger partial charge < -0.3 is 15.9 Å². The zero-order valence-electron chi connectivity index (χ0n) is 13.7. The summed E-state index contributed by atoms with van der Waals surface area (Å²) in [6, 6.07) is -0.0823. The van der Waals surface area contributed by atoms with Gasteiger partial charge in [0.15, 0.2) is 0 Å². The highest BCUT2D eigenvalue weighted by atomic mass is 16.3. The van der Waals surface area contributed by atoms with E-state index in [-0.39, 0.29) is 29.1 Å². The Balaban J connectivity index is 1.71. The van der Waals surface area contributed by atoms with E-state index >= 15 is 0 Å². The Labute approximate surface area is 133 Å². The Bertz CT molecular complexity index is 530. The molecule has 22 heavy (non-hydrogen) atoms. The smallest absolute Gasteiger partial charge is 0.0727 e. The molecule has 0 aromatic carbocycles. The largest absolute Gasteiger partial charge is 0.391 e. The highest BCUT2D eigenvalue weighted by molar-refractivity contribution is 5.25. The molecule has 4 aliphatic rings. The normalized spacial score (nSPS) is 59.8. The molecule has 0 heterocycles. The van der Waals surface area contributed by atoms with E-state index < -0.39 is 0 Å². The molecule has 122 valence electrons. The third-order valence-electron chi connectivity index (χ3n) is 7.78. The van der Waals surface area contributed by atoms with Crippen molar-refractivity contribution in [3.63, 3.8) is 0 Å². The molecule has 4 rings (SSSR count). The second kappa shape index (κ2) is 4.68. The number of nitrogens with two attached hydrogens (primary N) is 1. The molecule has 0 radical (unpaired) electrons. The maximum atomic E-state index is 10.3. The van der Waals surface area contributed by atoms with Gasteiger partial charge in [-0.2, -0.15) is 0 Å². The van der Waals surface area contributed by atoms with Crippen LogP contribution in [0.1, 0.15) is 39.5 Å². The predicted octanol–water partition coefficient (Wildman–Crippen LogP) is 2.24. The van der Waals surface area contributed by atoms with Crippen LogP contribution in [0.5, 0.6) is 0 Å². The Hall–Kier alpha value is -0.640. The van der Waals surface area contributed by atoms with Crippen molar-refractivity contribution in [1.29, 1.82) is 0 Å². The minimum Gasteiger partial charge on any atom is -0.391 e. The van der Waals surface area contributed by atoms with Crippen LogP contribution < -0.4 is 5.73 Å². The maximum Gasteiger partial charge on any atom is 0.0727 e. The van der Waals surface area contributed by atoms with Crippen LogP contribution in [0.25, 0.3) is 0 Å². The molecule has 3 heteroatoms. The fourth-order valence-electron chi connectivity index (χ4n) is 6.23. The van der Waals surface area contributed by atoms with Crippen molar-refractivity contribution in [2.24, 2.45) is 40.2 Å². The summed E-state index contributed by atoms with van der Waals surface area (Å²) in [5.74, 6) is 2.06. The third-order valence-corrected chi connectivity index (χ3v) is 7.78. The zero-order chi connectivity index (χ0) is 15.7. The molecule has 2 saturated carbocycles. The van der Waals surface area contributed by atoms with Crippen molar-refractivity contribution in [2.75, 3.05) is 0 Å². The first-order valence-corrected chi connectivity index (χ1v) is 8.85. The average molecular weight is 303 g/mol. The summed E-state index contributed by atoms with van der Waals surface area (Å²) in [6.45, 7) is 4.66. The lowest BCUT2D eigenvalue weighted by molar-refractivity contribution is -0.0233. The number of rotatable bonds is 0. The summed E-state index contributed by atoms with van der Waals surface area (Å²) in [7, 11) is 0. The molecule has 4 N–H and O–H groups in total. The van der Waals surface area contributed by atoms with Gasteiger partial charge in [0.2, 0.25) is 0 Å². The van der Waals surface area contributed by atoms with Crippen molar-refractivity contribution in [3.05, 3.63) is 24.3 Å². The van der Waals surface area contributed by atoms with Gasteiger partial charge in [-0.15, -0.1) is 0 Å². The quantitative estimate of drug-likeness (QED) is 0.601. The van der Waals surface area contributed by atoms with Crippen molar-refractivity contribution in [3.8, 4) is 0 Å². The summed E-state index contributed by atoms with van der Waals surface area (Å²) >= 11 is 0. The maximum absolute atomic E-state index is 10.3. The molecule has 0 aromatic heterocycles. The fraction of sp³-hybridized carbons (Fsp3) is 0.789. The number of hydrogen-bond acceptors (Lipinski definition) is 3. The summed E-state index contributed by atoms with van der Waals surface area (Å²) in [5, 5.41) is 20.3. The van der Waals surface area contributed by atoms with E-state index in [1.165, 1.54) is 6.42 Å². The van der Waals surface area contributed by atoms with E-state index in [1.54, 1.807) is 0 Å². The summed E-state index contributed by atoms with van der Waals surface area (Å²) in [6.07, 6.45) is 12.3. The standard InChI is InChI=1S/C19H29NO2/c1-18-7-5-12(21)9-11(18)3-4-13-14(18)6-8-19(2)15(13)10-16(22)17(19)20/h3-5,7,11-17,21-22H,6,8-10,20H2,1-2H3/t11?,12-,13-,14+,15+,16-,17+,18+,19+/m1/s1. The topological polar surface area (TPSA) is 66.5 Å². The number of allylic oxidation sites excluding steroid dienone is 3. The lowest BCUT2D eigenvalue weighted by Crippen LogP contribution is -2.53. The van der Waals surface area contributed by atoms with E-state index in [0.717, 1.165) is 19.3 Å². The molecule has 3 nitrogen and oxygen atoms in total. The molecule has 0 bridgehead atoms. The van der Waals surface area contributed by atoms with Gasteiger partial charge in [-0.25, -0.2) is 0 Å². The number of aliphatic hydroxyl groups excluding tert-OH is 2. The molecule has 2 fully saturated rings. The molecule has 4 aliphatic carbocycles. The molecule has 0 amide bonds. The second-order valence-electron chi connectivity index (χ2n) is 8.68. The van der Waals surface area contributed by atoms with E-state index in [9.17, 15) is 10.2 Å². The Morgan fingerprint density at radius 1 is 1.05 bits per heavy atom. The predicted molar refractivity (Wildman–Crippen MR) is 86.9 cm³/mol. The van der Waals surface area contributed by atoms with Crippen LogP contribution in [-0.4, -0.2) is 28.5 Å². The Morgan fingerprint density at radius 3 is 2.59 bits per heavy atom. The van der Waals surface area contributed by atoms with Gasteiger partial charge in [-0.1, -0.05) is 38.2 Å². The summed E-state index contributed by atoms with van der Waals surface area (Å²) < 4.78 is 0. The van der Waals surface area contributed by atoms with Crippen molar-refractivity contribution in [1.82, 2.24) is 0 Å². The molecule has 9 atom stereocenters. The van der Waals surface area contributed by atoms with Crippen molar-refractivity contribution < 1.29 is 10.2 Å². The number of fused-ring (bicyclic) bond motifs is 5. The van der Waals surface area contributed by atoms with Crippen molar-refractivity contribution in [2.45, 2.75) is 57.8 Å². The Morgan fingerprint density at radius 2 is 1.82 bits per heavy atom. The fourth-order valence-corrected chi connectivity index (χ4v) is 6.23. The van der Waals surface area contributed by atoms with E-state index in [0.29, 0.717) is 23.7 Å². The van der Waals surface area contributed by atoms with Crippen LogP contribution in [0.4, 0.5) is 0 Å². The zero-order valence-corrected chi connectivity index (χ0v) is 13.7. The van der Waals surface area contributed by atoms with Gasteiger partial charge in [0.25, 0.3) is 0 Å². The minimum atomic E-state index is -0.351. The number of hydrogen-bond donors (Lipinski definition) is 3. The highest BCUT2D eigenvalue weighted by Gasteiger charge is 2.59. The van der Waals surface area contributed by atoms with Gasteiger partial charge in [-0.3, -0.25) is 0 Å². The van der Waals surface area contributed by atoms with Crippen LogP contribution in [0, 0.1) is 34.5 Å². The van der Waals surface area contributed by atoms with Gasteiger partial charge >= 0.3 is 0 Å². The molecule has 0 aliphatic heterocycles. The highest BCUT2D eigenvalue weighted by Crippen LogP contribution is 2.63.